The first-order chi connectivity index (χ1) is 11.8. The topological polar surface area (TPSA) is 44.8 Å². The van der Waals surface area contributed by atoms with Gasteiger partial charge < -0.3 is 9.88 Å². The lowest BCUT2D eigenvalue weighted by molar-refractivity contribution is 0.136. The smallest absolute Gasteiger partial charge is 0.156 e. The molecule has 3 heterocycles. The van der Waals surface area contributed by atoms with E-state index in [2.05, 4.69) is 60.8 Å². The maximum Gasteiger partial charge on any atom is 0.156 e. The number of rotatable bonds is 1. The number of fused-ring (bicyclic) bond motifs is 5. The molecule has 0 spiro atoms. The van der Waals surface area contributed by atoms with Gasteiger partial charge in [-0.2, -0.15) is 0 Å². The first-order valence-corrected chi connectivity index (χ1v) is 9.33. The number of aryl methyl sites for hydroxylation is 1. The van der Waals surface area contributed by atoms with E-state index in [1.54, 1.807) is 6.33 Å². The van der Waals surface area contributed by atoms with Crippen LogP contribution in [0.15, 0.2) is 24.5 Å². The second-order valence-corrected chi connectivity index (χ2v) is 9.44. The molecule has 1 aliphatic carbocycles. The van der Waals surface area contributed by atoms with Crippen molar-refractivity contribution in [3.05, 3.63) is 30.1 Å². The molecule has 2 fully saturated rings. The second kappa shape index (κ2) is 4.75. The van der Waals surface area contributed by atoms with Crippen LogP contribution in [0.1, 0.15) is 45.6 Å². The van der Waals surface area contributed by atoms with Crippen molar-refractivity contribution in [1.82, 2.24) is 15.0 Å². The summed E-state index contributed by atoms with van der Waals surface area (Å²) < 4.78 is 0. The van der Waals surface area contributed by atoms with Crippen LogP contribution in [0.2, 0.25) is 0 Å². The average molecular weight is 334 g/mol. The van der Waals surface area contributed by atoms with Crippen molar-refractivity contribution < 1.29 is 0 Å². The fourth-order valence-corrected chi connectivity index (χ4v) is 5.72. The van der Waals surface area contributed by atoms with Gasteiger partial charge >= 0.3 is 0 Å². The van der Waals surface area contributed by atoms with Gasteiger partial charge in [0.2, 0.25) is 0 Å². The minimum Gasteiger partial charge on any atom is -0.351 e. The van der Waals surface area contributed by atoms with Gasteiger partial charge in [0.1, 0.15) is 17.4 Å². The Labute approximate surface area is 148 Å². The van der Waals surface area contributed by atoms with E-state index in [1.165, 1.54) is 30.2 Å². The van der Waals surface area contributed by atoms with Crippen molar-refractivity contribution in [2.45, 2.75) is 53.0 Å². The average Bonchev–Trinajstić information content (AvgIpc) is 2.99. The van der Waals surface area contributed by atoms with E-state index in [4.69, 9.17) is 4.98 Å². The lowest BCUT2D eigenvalue weighted by Crippen LogP contribution is -2.35. The number of benzene rings is 1. The number of hydrogen-bond acceptors (Lipinski definition) is 3. The molecule has 0 unspecified atom stereocenters. The summed E-state index contributed by atoms with van der Waals surface area (Å²) in [6, 6.07) is 7.12. The second-order valence-electron chi connectivity index (χ2n) is 9.44. The highest BCUT2D eigenvalue weighted by Gasteiger charge is 2.50. The van der Waals surface area contributed by atoms with Crippen molar-refractivity contribution in [2.24, 2.45) is 10.8 Å². The minimum atomic E-state index is 0.395. The van der Waals surface area contributed by atoms with E-state index >= 15 is 0 Å². The number of hydrogen-bond donors (Lipinski definition) is 1. The van der Waals surface area contributed by atoms with Crippen LogP contribution in [0, 0.1) is 17.8 Å². The zero-order valence-electron chi connectivity index (χ0n) is 15.6. The lowest BCUT2D eigenvalue weighted by Gasteiger charge is -2.39. The molecule has 5 rings (SSSR count). The van der Waals surface area contributed by atoms with E-state index in [0.717, 1.165) is 28.9 Å². The molecule has 2 aliphatic rings. The van der Waals surface area contributed by atoms with Crippen molar-refractivity contribution in [1.29, 1.82) is 0 Å². The standard InChI is InChI=1S/C21H26N4/c1-13-5-6-15-16(7-13)24-18-17(15)22-12-23-19(18)25-11-21(4)9-14(25)8-20(2,3)10-21/h5-7,12,14,24H,8-11H2,1-4H3/t14-,21-/m0/s1. The molecule has 0 amide bonds. The van der Waals surface area contributed by atoms with Gasteiger partial charge in [-0.05, 0) is 48.6 Å². The van der Waals surface area contributed by atoms with Crippen LogP contribution in [-0.2, 0) is 0 Å². The van der Waals surface area contributed by atoms with E-state index < -0.39 is 0 Å². The van der Waals surface area contributed by atoms with Gasteiger partial charge in [-0.1, -0.05) is 32.9 Å². The van der Waals surface area contributed by atoms with Gasteiger partial charge in [-0.3, -0.25) is 0 Å². The molecule has 4 heteroatoms. The summed E-state index contributed by atoms with van der Waals surface area (Å²) in [5, 5.41) is 1.19. The van der Waals surface area contributed by atoms with Gasteiger partial charge in [-0.15, -0.1) is 0 Å². The van der Waals surface area contributed by atoms with Crippen LogP contribution >= 0.6 is 0 Å². The van der Waals surface area contributed by atoms with Crippen LogP contribution in [0.25, 0.3) is 21.9 Å². The maximum atomic E-state index is 4.73. The number of aromatic nitrogens is 3. The van der Waals surface area contributed by atoms with Gasteiger partial charge in [0.15, 0.2) is 5.82 Å². The fourth-order valence-electron chi connectivity index (χ4n) is 5.72. The zero-order valence-corrected chi connectivity index (χ0v) is 15.6. The Morgan fingerprint density at radius 1 is 1.16 bits per heavy atom. The number of anilines is 1. The highest BCUT2D eigenvalue weighted by Crippen LogP contribution is 2.53. The first kappa shape index (κ1) is 15.2. The third kappa shape index (κ3) is 2.26. The molecular formula is C21H26N4. The Hall–Kier alpha value is -2.10. The molecule has 4 nitrogen and oxygen atoms in total. The van der Waals surface area contributed by atoms with Crippen molar-refractivity contribution >= 4 is 27.8 Å². The Bertz CT molecular complexity index is 986. The SMILES string of the molecule is Cc1ccc2c(c1)[nH]c1c(N3C[C@@]4(C)C[C@@H]3CC(C)(C)C4)ncnc12. The predicted octanol–water partition coefficient (Wildman–Crippen LogP) is 4.82. The summed E-state index contributed by atoms with van der Waals surface area (Å²) in [4.78, 5) is 15.5. The quantitative estimate of drug-likeness (QED) is 0.693. The fraction of sp³-hybridized carbons (Fsp3) is 0.524. The van der Waals surface area contributed by atoms with Crippen LogP contribution in [0.5, 0.6) is 0 Å². The van der Waals surface area contributed by atoms with E-state index in [1.807, 2.05) is 0 Å². The third-order valence-electron chi connectivity index (χ3n) is 6.20. The van der Waals surface area contributed by atoms with Crippen molar-refractivity contribution in [3.8, 4) is 0 Å². The molecule has 3 aromatic rings. The van der Waals surface area contributed by atoms with Crippen molar-refractivity contribution in [3.63, 3.8) is 0 Å². The Kier molecular flexibility index (Phi) is 2.88. The molecule has 1 aromatic carbocycles. The zero-order chi connectivity index (χ0) is 17.4. The highest BCUT2D eigenvalue weighted by atomic mass is 15.3. The first-order valence-electron chi connectivity index (χ1n) is 9.33. The summed E-state index contributed by atoms with van der Waals surface area (Å²) in [6.45, 7) is 10.5. The molecular weight excluding hydrogens is 308 g/mol. The summed E-state index contributed by atoms with van der Waals surface area (Å²) in [7, 11) is 0. The molecule has 2 aromatic heterocycles. The molecule has 2 bridgehead atoms. The van der Waals surface area contributed by atoms with Crippen LogP contribution in [0.4, 0.5) is 5.82 Å². The van der Waals surface area contributed by atoms with E-state index in [9.17, 15) is 0 Å². The third-order valence-corrected chi connectivity index (χ3v) is 6.20. The maximum absolute atomic E-state index is 4.73. The predicted molar refractivity (Wildman–Crippen MR) is 103 cm³/mol. The van der Waals surface area contributed by atoms with E-state index in [0.29, 0.717) is 16.9 Å². The monoisotopic (exact) mass is 334 g/mol. The lowest BCUT2D eigenvalue weighted by atomic mass is 9.65. The summed E-state index contributed by atoms with van der Waals surface area (Å²) >= 11 is 0. The molecule has 2 atom stereocenters. The summed E-state index contributed by atoms with van der Waals surface area (Å²) in [6.07, 6.45) is 5.56. The van der Waals surface area contributed by atoms with Crippen LogP contribution in [-0.4, -0.2) is 27.5 Å². The van der Waals surface area contributed by atoms with E-state index in [-0.39, 0.29) is 0 Å². The van der Waals surface area contributed by atoms with Gasteiger partial charge in [-0.25, -0.2) is 9.97 Å². The van der Waals surface area contributed by atoms with Crippen LogP contribution in [0.3, 0.4) is 0 Å². The van der Waals surface area contributed by atoms with Gasteiger partial charge in [0, 0.05) is 23.5 Å². The largest absolute Gasteiger partial charge is 0.351 e. The van der Waals surface area contributed by atoms with Crippen molar-refractivity contribution in [2.75, 3.05) is 11.4 Å². The molecule has 1 N–H and O–H groups in total. The number of aromatic amines is 1. The Balaban J connectivity index is 1.67. The normalized spacial score (nSPS) is 28.2. The Morgan fingerprint density at radius 2 is 2.00 bits per heavy atom. The number of H-pyrrole nitrogens is 1. The van der Waals surface area contributed by atoms with Crippen LogP contribution < -0.4 is 4.90 Å². The van der Waals surface area contributed by atoms with Gasteiger partial charge in [0.25, 0.3) is 0 Å². The molecule has 25 heavy (non-hydrogen) atoms. The molecule has 0 radical (unpaired) electrons. The molecule has 1 aliphatic heterocycles. The number of nitrogens with zero attached hydrogens (tertiary/aromatic N) is 3. The number of nitrogens with one attached hydrogen (secondary N) is 1. The molecule has 1 saturated carbocycles. The molecule has 1 saturated heterocycles. The summed E-state index contributed by atoms with van der Waals surface area (Å²) in [5.41, 5.74) is 5.37. The summed E-state index contributed by atoms with van der Waals surface area (Å²) in [5.74, 6) is 1.09. The van der Waals surface area contributed by atoms with Gasteiger partial charge in [0.05, 0.1) is 0 Å². The Morgan fingerprint density at radius 3 is 2.84 bits per heavy atom. The molecule has 130 valence electrons. The highest BCUT2D eigenvalue weighted by molar-refractivity contribution is 6.08. The minimum absolute atomic E-state index is 0.395.